The molecule has 1 aliphatic rings. The standard InChI is InChI=1S/C14H19ClN2O.ClH/c1-10-5-4-6-11(12(10)15)13(18)17-14(9-16)7-2-3-8-14;/h4-6H,2-3,7-9,16H2,1H3,(H,17,18);1H. The summed E-state index contributed by atoms with van der Waals surface area (Å²) < 4.78 is 0. The summed E-state index contributed by atoms with van der Waals surface area (Å²) >= 11 is 6.17. The predicted molar refractivity (Wildman–Crippen MR) is 81.2 cm³/mol. The molecule has 1 fully saturated rings. The topological polar surface area (TPSA) is 55.1 Å². The summed E-state index contributed by atoms with van der Waals surface area (Å²) in [6.45, 7) is 2.38. The van der Waals surface area contributed by atoms with E-state index in [9.17, 15) is 4.79 Å². The first kappa shape index (κ1) is 16.3. The first-order valence-electron chi connectivity index (χ1n) is 6.36. The maximum absolute atomic E-state index is 12.3. The average molecular weight is 303 g/mol. The van der Waals surface area contributed by atoms with Crippen LogP contribution in [0.5, 0.6) is 0 Å². The molecule has 0 atom stereocenters. The molecule has 0 heterocycles. The van der Waals surface area contributed by atoms with Crippen molar-refractivity contribution in [2.24, 2.45) is 5.73 Å². The lowest BCUT2D eigenvalue weighted by Gasteiger charge is -2.29. The van der Waals surface area contributed by atoms with Crippen LogP contribution >= 0.6 is 24.0 Å². The van der Waals surface area contributed by atoms with Gasteiger partial charge in [-0.1, -0.05) is 36.6 Å². The molecule has 106 valence electrons. The number of carbonyl (C=O) groups excluding carboxylic acids is 1. The molecule has 0 unspecified atom stereocenters. The summed E-state index contributed by atoms with van der Waals surface area (Å²) in [6, 6.07) is 5.50. The number of hydrogen-bond acceptors (Lipinski definition) is 2. The van der Waals surface area contributed by atoms with Gasteiger partial charge in [-0.3, -0.25) is 4.79 Å². The highest BCUT2D eigenvalue weighted by Crippen LogP contribution is 2.29. The number of amides is 1. The fourth-order valence-electron chi connectivity index (χ4n) is 2.56. The molecule has 5 heteroatoms. The number of nitrogens with one attached hydrogen (secondary N) is 1. The van der Waals surface area contributed by atoms with E-state index in [0.717, 1.165) is 31.2 Å². The Balaban J connectivity index is 0.00000180. The van der Waals surface area contributed by atoms with Crippen LogP contribution in [-0.4, -0.2) is 18.0 Å². The fourth-order valence-corrected chi connectivity index (χ4v) is 2.77. The molecule has 2 rings (SSSR count). The number of benzene rings is 1. The van der Waals surface area contributed by atoms with Gasteiger partial charge in [-0.05, 0) is 31.4 Å². The number of hydrogen-bond donors (Lipinski definition) is 2. The van der Waals surface area contributed by atoms with Gasteiger partial charge in [0.15, 0.2) is 0 Å². The van der Waals surface area contributed by atoms with E-state index in [1.807, 2.05) is 19.1 Å². The van der Waals surface area contributed by atoms with Crippen LogP contribution in [0.25, 0.3) is 0 Å². The SMILES string of the molecule is Cc1cccc(C(=O)NC2(CN)CCCC2)c1Cl.Cl. The van der Waals surface area contributed by atoms with E-state index in [1.54, 1.807) is 6.07 Å². The van der Waals surface area contributed by atoms with Crippen LogP contribution in [0, 0.1) is 6.92 Å². The molecule has 0 bridgehead atoms. The lowest BCUT2D eigenvalue weighted by atomic mass is 9.97. The minimum Gasteiger partial charge on any atom is -0.345 e. The minimum atomic E-state index is -0.232. The van der Waals surface area contributed by atoms with Crippen molar-refractivity contribution in [2.75, 3.05) is 6.54 Å². The van der Waals surface area contributed by atoms with Gasteiger partial charge in [0.05, 0.1) is 16.1 Å². The summed E-state index contributed by atoms with van der Waals surface area (Å²) in [5, 5.41) is 3.61. The van der Waals surface area contributed by atoms with Crippen LogP contribution in [-0.2, 0) is 0 Å². The molecule has 0 radical (unpaired) electrons. The zero-order chi connectivity index (χ0) is 13.2. The number of aryl methyl sites for hydroxylation is 1. The summed E-state index contributed by atoms with van der Waals surface area (Å²) in [4.78, 5) is 12.3. The summed E-state index contributed by atoms with van der Waals surface area (Å²) in [7, 11) is 0. The Morgan fingerprint density at radius 3 is 2.63 bits per heavy atom. The largest absolute Gasteiger partial charge is 0.345 e. The third-order valence-corrected chi connectivity index (χ3v) is 4.27. The Morgan fingerprint density at radius 1 is 1.42 bits per heavy atom. The smallest absolute Gasteiger partial charge is 0.253 e. The second-order valence-corrected chi connectivity index (χ2v) is 5.46. The van der Waals surface area contributed by atoms with E-state index >= 15 is 0 Å². The van der Waals surface area contributed by atoms with Crippen molar-refractivity contribution >= 4 is 29.9 Å². The van der Waals surface area contributed by atoms with Crippen molar-refractivity contribution in [3.8, 4) is 0 Å². The van der Waals surface area contributed by atoms with Crippen LogP contribution in [0.2, 0.25) is 5.02 Å². The van der Waals surface area contributed by atoms with Gasteiger partial charge in [-0.25, -0.2) is 0 Å². The van der Waals surface area contributed by atoms with Crippen molar-refractivity contribution in [1.29, 1.82) is 0 Å². The molecular formula is C14H20Cl2N2O. The van der Waals surface area contributed by atoms with Crippen molar-refractivity contribution < 1.29 is 4.79 Å². The molecule has 0 aromatic heterocycles. The van der Waals surface area contributed by atoms with Gasteiger partial charge in [0.25, 0.3) is 5.91 Å². The highest BCUT2D eigenvalue weighted by Gasteiger charge is 2.34. The molecule has 0 saturated heterocycles. The zero-order valence-electron chi connectivity index (χ0n) is 11.0. The molecule has 0 spiro atoms. The maximum atomic E-state index is 12.3. The Kier molecular flexibility index (Phi) is 5.65. The second-order valence-electron chi connectivity index (χ2n) is 5.08. The number of carbonyl (C=O) groups is 1. The molecule has 1 aliphatic carbocycles. The monoisotopic (exact) mass is 302 g/mol. The van der Waals surface area contributed by atoms with Crippen LogP contribution < -0.4 is 11.1 Å². The minimum absolute atomic E-state index is 0. The van der Waals surface area contributed by atoms with Crippen molar-refractivity contribution in [2.45, 2.75) is 38.1 Å². The maximum Gasteiger partial charge on any atom is 0.253 e. The Labute approximate surface area is 125 Å². The lowest BCUT2D eigenvalue weighted by Crippen LogP contribution is -2.51. The van der Waals surface area contributed by atoms with Gasteiger partial charge in [-0.2, -0.15) is 0 Å². The van der Waals surface area contributed by atoms with Crippen molar-refractivity contribution in [1.82, 2.24) is 5.32 Å². The number of rotatable bonds is 3. The second kappa shape index (κ2) is 6.60. The zero-order valence-corrected chi connectivity index (χ0v) is 12.6. The van der Waals surface area contributed by atoms with Crippen LogP contribution in [0.1, 0.15) is 41.6 Å². The molecule has 1 saturated carbocycles. The van der Waals surface area contributed by atoms with E-state index in [1.165, 1.54) is 0 Å². The first-order chi connectivity index (χ1) is 8.58. The van der Waals surface area contributed by atoms with Gasteiger partial charge in [0.2, 0.25) is 0 Å². The van der Waals surface area contributed by atoms with Crippen LogP contribution in [0.15, 0.2) is 18.2 Å². The summed E-state index contributed by atoms with van der Waals surface area (Å²) in [5.74, 6) is -0.115. The predicted octanol–water partition coefficient (Wildman–Crippen LogP) is 3.07. The van der Waals surface area contributed by atoms with Gasteiger partial charge in [0.1, 0.15) is 0 Å². The Bertz CT molecular complexity index is 457. The van der Waals surface area contributed by atoms with Crippen molar-refractivity contribution in [3.05, 3.63) is 34.3 Å². The highest BCUT2D eigenvalue weighted by molar-refractivity contribution is 6.34. The molecule has 1 amide bonds. The third kappa shape index (κ3) is 3.41. The van der Waals surface area contributed by atoms with E-state index < -0.39 is 0 Å². The third-order valence-electron chi connectivity index (χ3n) is 3.77. The van der Waals surface area contributed by atoms with Gasteiger partial charge in [-0.15, -0.1) is 12.4 Å². The Morgan fingerprint density at radius 2 is 2.05 bits per heavy atom. The molecule has 0 aliphatic heterocycles. The fraction of sp³-hybridized carbons (Fsp3) is 0.500. The molecule has 3 N–H and O–H groups in total. The average Bonchev–Trinajstić information content (AvgIpc) is 2.81. The van der Waals surface area contributed by atoms with Crippen LogP contribution in [0.4, 0.5) is 0 Å². The lowest BCUT2D eigenvalue weighted by molar-refractivity contribution is 0.0903. The van der Waals surface area contributed by atoms with E-state index in [2.05, 4.69) is 5.32 Å². The van der Waals surface area contributed by atoms with E-state index in [-0.39, 0.29) is 23.9 Å². The molecule has 1 aromatic rings. The van der Waals surface area contributed by atoms with Crippen molar-refractivity contribution in [3.63, 3.8) is 0 Å². The van der Waals surface area contributed by atoms with Crippen LogP contribution in [0.3, 0.4) is 0 Å². The quantitative estimate of drug-likeness (QED) is 0.901. The summed E-state index contributed by atoms with van der Waals surface area (Å²) in [5.41, 5.74) is 7.04. The number of halogens is 2. The summed E-state index contributed by atoms with van der Waals surface area (Å²) in [6.07, 6.45) is 4.16. The first-order valence-corrected chi connectivity index (χ1v) is 6.73. The van der Waals surface area contributed by atoms with Gasteiger partial charge < -0.3 is 11.1 Å². The van der Waals surface area contributed by atoms with Gasteiger partial charge in [0, 0.05) is 6.54 Å². The molecule has 3 nitrogen and oxygen atoms in total. The number of nitrogens with two attached hydrogens (primary N) is 1. The van der Waals surface area contributed by atoms with E-state index in [0.29, 0.717) is 17.1 Å². The highest BCUT2D eigenvalue weighted by atomic mass is 35.5. The Hall–Kier alpha value is -0.770. The van der Waals surface area contributed by atoms with Gasteiger partial charge >= 0.3 is 0 Å². The normalized spacial score (nSPS) is 16.8. The molecule has 19 heavy (non-hydrogen) atoms. The van der Waals surface area contributed by atoms with E-state index in [4.69, 9.17) is 17.3 Å². The molecular weight excluding hydrogens is 283 g/mol. The molecule has 1 aromatic carbocycles.